The summed E-state index contributed by atoms with van der Waals surface area (Å²) in [6.07, 6.45) is 0. The molecule has 0 aliphatic heterocycles. The molecule has 1 aromatic carbocycles. The van der Waals surface area contributed by atoms with Crippen molar-refractivity contribution in [3.05, 3.63) is 39.4 Å². The molecule has 0 bridgehead atoms. The minimum atomic E-state index is -0.534. The monoisotopic (exact) mass is 305 g/mol. The molecule has 0 aromatic heterocycles. The van der Waals surface area contributed by atoms with Gasteiger partial charge in [0.25, 0.3) is 5.69 Å². The summed E-state index contributed by atoms with van der Waals surface area (Å²) in [5, 5.41) is 10.6. The molecule has 0 saturated heterocycles. The van der Waals surface area contributed by atoms with E-state index in [1.807, 2.05) is 0 Å². The molecule has 0 aliphatic carbocycles. The van der Waals surface area contributed by atoms with Gasteiger partial charge in [-0.05, 0) is 12.5 Å². The maximum atomic E-state index is 11.8. The molecule has 0 radical (unpaired) electrons. The van der Waals surface area contributed by atoms with E-state index < -0.39 is 9.75 Å². The Kier molecular flexibility index (Phi) is 4.44. The topological polar surface area (TPSA) is 60.2 Å². The van der Waals surface area contributed by atoms with Crippen LogP contribution in [0.1, 0.15) is 22.8 Å². The van der Waals surface area contributed by atoms with E-state index in [1.165, 1.54) is 18.2 Å². The van der Waals surface area contributed by atoms with Gasteiger partial charge in [0.15, 0.2) is 5.78 Å². The van der Waals surface area contributed by atoms with E-state index in [0.29, 0.717) is 11.1 Å². The van der Waals surface area contributed by atoms with Gasteiger partial charge in [-0.25, -0.2) is 0 Å². The third-order valence-electron chi connectivity index (χ3n) is 2.07. The van der Waals surface area contributed by atoms with Gasteiger partial charge in [0.2, 0.25) is 0 Å². The summed E-state index contributed by atoms with van der Waals surface area (Å²) in [5.74, 6) is -0.0574. The number of rotatable bonds is 4. The summed E-state index contributed by atoms with van der Waals surface area (Å²) in [6, 6.07) is 4.11. The first-order chi connectivity index (χ1) is 7.47. The summed E-state index contributed by atoms with van der Waals surface area (Å²) in [7, 11) is 0. The van der Waals surface area contributed by atoms with Crippen molar-refractivity contribution in [3.63, 3.8) is 0 Å². The predicted octanol–water partition coefficient (Wildman–Crippen LogP) is 3.30. The number of hydrogen-bond acceptors (Lipinski definition) is 3. The Morgan fingerprint density at radius 3 is 2.69 bits per heavy atom. The summed E-state index contributed by atoms with van der Waals surface area (Å²) in [6.45, 7) is 1.67. The molecular formula is C10H9BrClNO3. The number of halogens is 2. The maximum Gasteiger partial charge on any atom is 0.270 e. The number of ketones is 1. The quantitative estimate of drug-likeness (QED) is 0.371. The molecule has 1 atom stereocenters. The SMILES string of the molecule is CC(Br)C(=O)c1cc([N+](=O)[O-])ccc1CCl. The number of carbonyl (C=O) groups is 1. The molecule has 0 fully saturated rings. The molecule has 16 heavy (non-hydrogen) atoms. The van der Waals surface area contributed by atoms with E-state index in [0.717, 1.165) is 0 Å². The number of nitro groups is 1. The van der Waals surface area contributed by atoms with Crippen molar-refractivity contribution in [2.24, 2.45) is 0 Å². The first-order valence-electron chi connectivity index (χ1n) is 4.49. The van der Waals surface area contributed by atoms with Gasteiger partial charge < -0.3 is 0 Å². The molecule has 0 saturated carbocycles. The van der Waals surface area contributed by atoms with Gasteiger partial charge in [-0.15, -0.1) is 11.6 Å². The third kappa shape index (κ3) is 2.80. The van der Waals surface area contributed by atoms with E-state index in [2.05, 4.69) is 15.9 Å². The van der Waals surface area contributed by atoms with Crippen LogP contribution in [0.3, 0.4) is 0 Å². The Morgan fingerprint density at radius 2 is 2.25 bits per heavy atom. The van der Waals surface area contributed by atoms with E-state index in [-0.39, 0.29) is 17.4 Å². The van der Waals surface area contributed by atoms with Crippen molar-refractivity contribution in [2.45, 2.75) is 17.6 Å². The number of hydrogen-bond donors (Lipinski definition) is 0. The van der Waals surface area contributed by atoms with Gasteiger partial charge in [-0.3, -0.25) is 14.9 Å². The largest absolute Gasteiger partial charge is 0.293 e. The molecule has 1 rings (SSSR count). The van der Waals surface area contributed by atoms with Crippen molar-refractivity contribution in [1.82, 2.24) is 0 Å². The number of nitrogens with zero attached hydrogens (tertiary/aromatic N) is 1. The lowest BCUT2D eigenvalue weighted by atomic mass is 10.0. The van der Waals surface area contributed by atoms with Gasteiger partial charge in [-0.2, -0.15) is 0 Å². The number of benzene rings is 1. The fourth-order valence-corrected chi connectivity index (χ4v) is 1.72. The Bertz CT molecular complexity index is 434. The molecule has 0 N–H and O–H groups in total. The fraction of sp³-hybridized carbons (Fsp3) is 0.300. The van der Waals surface area contributed by atoms with Crippen molar-refractivity contribution < 1.29 is 9.72 Å². The molecule has 0 heterocycles. The Hall–Kier alpha value is -0.940. The molecule has 0 amide bonds. The van der Waals surface area contributed by atoms with Crippen LogP contribution in [0.2, 0.25) is 0 Å². The molecule has 0 aliphatic rings. The third-order valence-corrected chi connectivity index (χ3v) is 2.78. The summed E-state index contributed by atoms with van der Waals surface area (Å²) < 4.78 is 0. The van der Waals surface area contributed by atoms with Crippen LogP contribution in [-0.2, 0) is 5.88 Å². The highest BCUT2D eigenvalue weighted by Gasteiger charge is 2.19. The summed E-state index contributed by atoms with van der Waals surface area (Å²) in [5.41, 5.74) is 0.794. The van der Waals surface area contributed by atoms with Gasteiger partial charge in [0.1, 0.15) is 0 Å². The average Bonchev–Trinajstić information content (AvgIpc) is 2.26. The average molecular weight is 307 g/mol. The molecule has 6 heteroatoms. The van der Waals surface area contributed by atoms with Gasteiger partial charge in [0, 0.05) is 23.6 Å². The normalized spacial score (nSPS) is 12.2. The van der Waals surface area contributed by atoms with Crippen molar-refractivity contribution >= 4 is 39.0 Å². The minimum absolute atomic E-state index is 0.106. The van der Waals surface area contributed by atoms with Crippen LogP contribution in [0, 0.1) is 10.1 Å². The number of nitro benzene ring substituents is 1. The maximum absolute atomic E-state index is 11.8. The molecule has 0 spiro atoms. The highest BCUT2D eigenvalue weighted by Crippen LogP contribution is 2.22. The lowest BCUT2D eigenvalue weighted by molar-refractivity contribution is -0.384. The smallest absolute Gasteiger partial charge is 0.270 e. The number of Topliss-reactive ketones (excluding diaryl/α,β-unsaturated/α-hetero) is 1. The van der Waals surface area contributed by atoms with Gasteiger partial charge >= 0.3 is 0 Å². The van der Waals surface area contributed by atoms with E-state index in [1.54, 1.807) is 6.92 Å². The molecular weight excluding hydrogens is 297 g/mol. The molecule has 4 nitrogen and oxygen atoms in total. The summed E-state index contributed by atoms with van der Waals surface area (Å²) in [4.78, 5) is 21.4. The standard InChI is InChI=1S/C10H9BrClNO3/c1-6(11)10(14)9-4-8(13(15)16)3-2-7(9)5-12/h2-4,6H,5H2,1H3. The van der Waals surface area contributed by atoms with E-state index in [9.17, 15) is 14.9 Å². The zero-order chi connectivity index (χ0) is 12.3. The fourth-order valence-electron chi connectivity index (χ4n) is 1.24. The van der Waals surface area contributed by atoms with Gasteiger partial charge in [0.05, 0.1) is 9.75 Å². The minimum Gasteiger partial charge on any atom is -0.293 e. The predicted molar refractivity (Wildman–Crippen MR) is 65.4 cm³/mol. The highest BCUT2D eigenvalue weighted by atomic mass is 79.9. The second-order valence-corrected chi connectivity index (χ2v) is 4.85. The number of alkyl halides is 2. The second-order valence-electron chi connectivity index (χ2n) is 3.21. The van der Waals surface area contributed by atoms with Crippen LogP contribution in [-0.4, -0.2) is 15.5 Å². The Balaban J connectivity index is 3.27. The van der Waals surface area contributed by atoms with Crippen LogP contribution in [0.4, 0.5) is 5.69 Å². The number of carbonyl (C=O) groups excluding carboxylic acids is 1. The number of non-ortho nitro benzene ring substituents is 1. The van der Waals surface area contributed by atoms with Crippen LogP contribution < -0.4 is 0 Å². The Labute approximate surface area is 106 Å². The zero-order valence-corrected chi connectivity index (χ0v) is 10.8. The van der Waals surface area contributed by atoms with Crippen molar-refractivity contribution in [2.75, 3.05) is 0 Å². The van der Waals surface area contributed by atoms with Crippen LogP contribution in [0.25, 0.3) is 0 Å². The van der Waals surface area contributed by atoms with Crippen molar-refractivity contribution in [1.29, 1.82) is 0 Å². The first-order valence-corrected chi connectivity index (χ1v) is 5.94. The molecule has 86 valence electrons. The molecule has 1 aromatic rings. The van der Waals surface area contributed by atoms with Gasteiger partial charge in [-0.1, -0.05) is 22.0 Å². The lowest BCUT2D eigenvalue weighted by Crippen LogP contribution is -2.12. The van der Waals surface area contributed by atoms with Crippen LogP contribution in [0.15, 0.2) is 18.2 Å². The van der Waals surface area contributed by atoms with Crippen LogP contribution >= 0.6 is 27.5 Å². The van der Waals surface area contributed by atoms with Crippen molar-refractivity contribution in [3.8, 4) is 0 Å². The highest BCUT2D eigenvalue weighted by molar-refractivity contribution is 9.10. The van der Waals surface area contributed by atoms with E-state index >= 15 is 0 Å². The van der Waals surface area contributed by atoms with Crippen LogP contribution in [0.5, 0.6) is 0 Å². The van der Waals surface area contributed by atoms with E-state index in [4.69, 9.17) is 11.6 Å². The summed E-state index contributed by atoms with van der Waals surface area (Å²) >= 11 is 8.81. The Morgan fingerprint density at radius 1 is 1.62 bits per heavy atom. The molecule has 1 unspecified atom stereocenters. The zero-order valence-electron chi connectivity index (χ0n) is 8.44. The lowest BCUT2D eigenvalue weighted by Gasteiger charge is -2.07. The first kappa shape index (κ1) is 13.1. The second kappa shape index (κ2) is 5.41.